The Kier molecular flexibility index (Phi) is 8.22. The lowest BCUT2D eigenvalue weighted by atomic mass is 9.99. The summed E-state index contributed by atoms with van der Waals surface area (Å²) < 4.78 is 56.5. The first kappa shape index (κ1) is 26.5. The van der Waals surface area contributed by atoms with Gasteiger partial charge in [-0.15, -0.1) is 0 Å². The number of phosphoric acid groups is 3. The molecule has 1 aliphatic heterocycles. The molecule has 1 saturated heterocycles. The molecule has 0 amide bonds. The van der Waals surface area contributed by atoms with Gasteiger partial charge in [-0.25, -0.2) is 13.7 Å². The summed E-state index contributed by atoms with van der Waals surface area (Å²) in [6, 6.07) is 1.53. The Morgan fingerprint density at radius 2 is 1.71 bits per heavy atom. The number of aliphatic hydroxyl groups is 1. The number of phosphoric ester groups is 1. The van der Waals surface area contributed by atoms with E-state index in [0.717, 1.165) is 0 Å². The Balaban J connectivity index is 2.13. The number of aryl methyl sites for hydroxylation is 2. The molecule has 2 heterocycles. The summed E-state index contributed by atoms with van der Waals surface area (Å²) in [7, 11) is -15.3. The minimum atomic E-state index is -5.67. The number of hydrogen-bond acceptors (Lipinski definition) is 10. The molecular weight excluding hydrogens is 487 g/mol. The second-order valence-corrected chi connectivity index (χ2v) is 11.0. The van der Waals surface area contributed by atoms with Gasteiger partial charge < -0.3 is 39.1 Å². The van der Waals surface area contributed by atoms with Crippen molar-refractivity contribution in [3.05, 3.63) is 33.2 Å². The van der Waals surface area contributed by atoms with Crippen molar-refractivity contribution >= 4 is 23.5 Å². The third-order valence-corrected chi connectivity index (χ3v) is 8.00. The fourth-order valence-corrected chi connectivity index (χ4v) is 5.93. The molecule has 0 bridgehead atoms. The number of nitrogens with one attached hydrogen (secondary N) is 1. The predicted molar refractivity (Wildman–Crippen MR) is 101 cm³/mol. The molecule has 6 N–H and O–H groups in total. The minimum absolute atomic E-state index is 0.321. The van der Waals surface area contributed by atoms with Crippen LogP contribution in [0.3, 0.4) is 0 Å². The van der Waals surface area contributed by atoms with Gasteiger partial charge in [0.15, 0.2) is 0 Å². The maximum Gasteiger partial charge on any atom is 0.490 e. The Bertz CT molecular complexity index is 1000. The maximum atomic E-state index is 11.9. The van der Waals surface area contributed by atoms with E-state index in [0.29, 0.717) is 16.8 Å². The van der Waals surface area contributed by atoms with Crippen molar-refractivity contribution in [2.45, 2.75) is 38.3 Å². The van der Waals surface area contributed by atoms with E-state index < -0.39 is 54.5 Å². The summed E-state index contributed by atoms with van der Waals surface area (Å²) in [5, 5.41) is 10.4. The van der Waals surface area contributed by atoms with Crippen LogP contribution in [-0.4, -0.2) is 61.7 Å². The summed E-state index contributed by atoms with van der Waals surface area (Å²) in [5.74, 6) is 0. The first-order chi connectivity index (χ1) is 14.1. The fourth-order valence-electron chi connectivity index (χ4n) is 2.90. The lowest BCUT2D eigenvalue weighted by molar-refractivity contribution is -0.0233. The number of hydrogen-bond donors (Lipinski definition) is 6. The molecule has 3 unspecified atom stereocenters. The lowest BCUT2D eigenvalue weighted by Gasteiger charge is -2.20. The van der Waals surface area contributed by atoms with Crippen LogP contribution in [0.2, 0.25) is 0 Å². The van der Waals surface area contributed by atoms with E-state index in [9.17, 15) is 28.5 Å². The molecule has 1 fully saturated rings. The van der Waals surface area contributed by atoms with Crippen LogP contribution in [0.25, 0.3) is 0 Å². The Morgan fingerprint density at radius 1 is 1.10 bits per heavy atom. The zero-order chi connectivity index (χ0) is 23.8. The first-order valence-corrected chi connectivity index (χ1v) is 12.9. The monoisotopic (exact) mass is 509 g/mol. The number of aromatic amines is 1. The van der Waals surface area contributed by atoms with Crippen molar-refractivity contribution in [3.63, 3.8) is 0 Å². The highest BCUT2D eigenvalue weighted by Crippen LogP contribution is 2.66. The van der Waals surface area contributed by atoms with Crippen LogP contribution >= 0.6 is 23.5 Å². The van der Waals surface area contributed by atoms with E-state index >= 15 is 0 Å². The summed E-state index contributed by atoms with van der Waals surface area (Å²) in [5.41, 5.74) is 0.954. The minimum Gasteiger partial charge on any atom is -0.387 e. The van der Waals surface area contributed by atoms with Crippen LogP contribution in [0.1, 0.15) is 22.9 Å². The number of pyridine rings is 1. The Labute approximate surface area is 175 Å². The van der Waals surface area contributed by atoms with Gasteiger partial charge in [-0.1, -0.05) is 0 Å². The molecule has 178 valence electrons. The lowest BCUT2D eigenvalue weighted by Crippen LogP contribution is -2.34. The number of ether oxygens (including phenoxy) is 2. The summed E-state index contributed by atoms with van der Waals surface area (Å²) in [6.07, 6.45) is -4.57. The van der Waals surface area contributed by atoms with Crippen LogP contribution in [0.5, 0.6) is 0 Å². The molecule has 0 spiro atoms. The third kappa shape index (κ3) is 7.11. The quantitative estimate of drug-likeness (QED) is 0.243. The second kappa shape index (κ2) is 9.62. The summed E-state index contributed by atoms with van der Waals surface area (Å²) in [6.45, 7) is 2.31. The van der Waals surface area contributed by atoms with Crippen molar-refractivity contribution in [2.75, 3.05) is 13.7 Å². The maximum absolute atomic E-state index is 11.9. The van der Waals surface area contributed by atoms with Crippen LogP contribution in [0, 0.1) is 13.8 Å². The number of rotatable bonds is 9. The van der Waals surface area contributed by atoms with E-state index in [-0.39, 0.29) is 5.56 Å². The molecule has 0 aromatic carbocycles. The van der Waals surface area contributed by atoms with Crippen molar-refractivity contribution in [1.82, 2.24) is 4.98 Å². The molecule has 18 heteroatoms. The van der Waals surface area contributed by atoms with Gasteiger partial charge >= 0.3 is 23.5 Å². The van der Waals surface area contributed by atoms with Gasteiger partial charge in [0.05, 0.1) is 6.61 Å². The van der Waals surface area contributed by atoms with Gasteiger partial charge in [-0.05, 0) is 19.9 Å². The standard InChI is InChI=1S/C13H22NO14P3/c1-6-4-8(7(2)14-13(6)16)11-12(24-3)10(15)9(26-11)5-25-30(20,21)28-31(22,23)27-29(17,18)19/h4,9-12,15H,5H2,1-3H3,(H,14,16)(H,20,21)(H,22,23)(H2,17,18,19)/t9-,10?,11+,12+/m1/s1. The molecule has 0 radical (unpaired) electrons. The van der Waals surface area contributed by atoms with Gasteiger partial charge in [0.1, 0.15) is 24.4 Å². The van der Waals surface area contributed by atoms with E-state index in [4.69, 9.17) is 24.2 Å². The highest BCUT2D eigenvalue weighted by molar-refractivity contribution is 7.66. The zero-order valence-corrected chi connectivity index (χ0v) is 19.0. The molecule has 31 heavy (non-hydrogen) atoms. The third-order valence-electron chi connectivity index (χ3n) is 4.20. The molecular formula is C13H22NO14P3. The molecule has 0 aliphatic carbocycles. The Morgan fingerprint density at radius 3 is 2.26 bits per heavy atom. The summed E-state index contributed by atoms with van der Waals surface area (Å²) in [4.78, 5) is 50.1. The van der Waals surface area contributed by atoms with Crippen molar-refractivity contribution in [3.8, 4) is 0 Å². The molecule has 2 rings (SSSR count). The average Bonchev–Trinajstić information content (AvgIpc) is 2.88. The van der Waals surface area contributed by atoms with Crippen molar-refractivity contribution in [2.24, 2.45) is 0 Å². The molecule has 6 atom stereocenters. The molecule has 1 aliphatic rings. The fraction of sp³-hybridized carbons (Fsp3) is 0.615. The van der Waals surface area contributed by atoms with Crippen molar-refractivity contribution in [1.29, 1.82) is 0 Å². The van der Waals surface area contributed by atoms with Gasteiger partial charge in [-0.2, -0.15) is 8.62 Å². The topological polar surface area (TPSA) is 231 Å². The smallest absolute Gasteiger partial charge is 0.387 e. The van der Waals surface area contributed by atoms with Crippen LogP contribution in [0.4, 0.5) is 0 Å². The molecule has 0 saturated carbocycles. The number of methoxy groups -OCH3 is 1. The molecule has 1 aromatic heterocycles. The van der Waals surface area contributed by atoms with E-state index in [1.54, 1.807) is 13.8 Å². The van der Waals surface area contributed by atoms with Crippen LogP contribution in [-0.2, 0) is 36.3 Å². The van der Waals surface area contributed by atoms with Crippen molar-refractivity contribution < 1.29 is 61.0 Å². The zero-order valence-electron chi connectivity index (χ0n) is 16.3. The van der Waals surface area contributed by atoms with Gasteiger partial charge in [0, 0.05) is 23.9 Å². The number of aliphatic hydroxyl groups excluding tert-OH is 1. The number of H-pyrrole nitrogens is 1. The second-order valence-electron chi connectivity index (χ2n) is 6.53. The average molecular weight is 509 g/mol. The number of aromatic nitrogens is 1. The van der Waals surface area contributed by atoms with E-state index in [2.05, 4.69) is 18.1 Å². The SMILES string of the molecule is CO[C@H]1C(O)[C@@H](COP(=O)(O)OP(=O)(O)OP(=O)(O)O)O[C@H]1c1cc(C)c(=O)[nH]c1C. The highest BCUT2D eigenvalue weighted by atomic mass is 31.3. The Hall–Kier alpha value is -0.760. The van der Waals surface area contributed by atoms with Crippen LogP contribution in [0.15, 0.2) is 10.9 Å². The highest BCUT2D eigenvalue weighted by Gasteiger charge is 2.47. The molecule has 15 nitrogen and oxygen atoms in total. The first-order valence-electron chi connectivity index (χ1n) is 8.40. The van der Waals surface area contributed by atoms with Crippen LogP contribution < -0.4 is 5.56 Å². The van der Waals surface area contributed by atoms with E-state index in [1.807, 2.05) is 0 Å². The van der Waals surface area contributed by atoms with Gasteiger partial charge in [-0.3, -0.25) is 9.32 Å². The predicted octanol–water partition coefficient (Wildman–Crippen LogP) is 0.151. The van der Waals surface area contributed by atoms with Gasteiger partial charge in [0.25, 0.3) is 5.56 Å². The normalized spacial score (nSPS) is 28.3. The summed E-state index contributed by atoms with van der Waals surface area (Å²) >= 11 is 0. The van der Waals surface area contributed by atoms with E-state index in [1.165, 1.54) is 13.2 Å². The molecule has 1 aromatic rings. The van der Waals surface area contributed by atoms with Gasteiger partial charge in [0.2, 0.25) is 0 Å². The largest absolute Gasteiger partial charge is 0.490 e.